The molecule has 2 aromatic heterocycles. The van der Waals surface area contributed by atoms with E-state index in [0.29, 0.717) is 22.6 Å². The molecule has 0 unspecified atom stereocenters. The number of benzene rings is 3. The molecule has 0 saturated heterocycles. The molecule has 2 N–H and O–H groups in total. The van der Waals surface area contributed by atoms with Crippen molar-refractivity contribution in [3.8, 4) is 11.5 Å². The predicted molar refractivity (Wildman–Crippen MR) is 115 cm³/mol. The van der Waals surface area contributed by atoms with Crippen molar-refractivity contribution in [2.75, 3.05) is 14.2 Å². The molecule has 0 aliphatic carbocycles. The molecule has 6 rings (SSSR count). The first-order chi connectivity index (χ1) is 14.5. The Morgan fingerprint density at radius 3 is 2.17 bits per heavy atom. The fraction of sp³-hybridized carbons (Fsp3) is 0.130. The van der Waals surface area contributed by atoms with E-state index in [2.05, 4.69) is 14.9 Å². The average molecular weight is 399 g/mol. The van der Waals surface area contributed by atoms with E-state index < -0.39 is 0 Å². The van der Waals surface area contributed by atoms with E-state index in [1.54, 1.807) is 14.2 Å². The number of H-pyrrole nitrogens is 1. The van der Waals surface area contributed by atoms with Crippen LogP contribution in [0.25, 0.3) is 43.6 Å². The van der Waals surface area contributed by atoms with Crippen molar-refractivity contribution in [1.82, 2.24) is 14.9 Å². The highest BCUT2D eigenvalue weighted by atomic mass is 16.5. The smallest absolute Gasteiger partial charge is 0.259 e. The molecule has 1 aliphatic heterocycles. The van der Waals surface area contributed by atoms with Crippen molar-refractivity contribution < 1.29 is 19.1 Å². The normalized spacial score (nSPS) is 13.6. The molecule has 1 aliphatic rings. The molecule has 0 spiro atoms. The second-order valence-electron chi connectivity index (χ2n) is 7.49. The molecule has 0 saturated carbocycles. The molecule has 0 atom stereocenters. The van der Waals surface area contributed by atoms with E-state index in [-0.39, 0.29) is 11.8 Å². The number of aromatic amines is 1. The van der Waals surface area contributed by atoms with Crippen LogP contribution in [0.1, 0.15) is 20.7 Å². The Morgan fingerprint density at radius 1 is 0.833 bits per heavy atom. The lowest BCUT2D eigenvalue weighted by Gasteiger charge is -2.05. The molecular weight excluding hydrogens is 382 g/mol. The van der Waals surface area contributed by atoms with Crippen LogP contribution in [0, 0.1) is 0 Å². The Morgan fingerprint density at radius 2 is 1.47 bits per heavy atom. The van der Waals surface area contributed by atoms with Gasteiger partial charge in [-0.05, 0) is 36.4 Å². The lowest BCUT2D eigenvalue weighted by atomic mass is 9.96. The summed E-state index contributed by atoms with van der Waals surface area (Å²) in [7, 11) is 5.17. The number of carbonyl (C=O) groups is 2. The topological polar surface area (TPSA) is 85.3 Å². The molecule has 2 amide bonds. The first-order valence-electron chi connectivity index (χ1n) is 9.50. The second-order valence-corrected chi connectivity index (χ2v) is 7.49. The van der Waals surface area contributed by atoms with Crippen LogP contribution in [-0.4, -0.2) is 35.6 Å². The number of ether oxygens (including phenoxy) is 2. The summed E-state index contributed by atoms with van der Waals surface area (Å²) in [6.45, 7) is 0. The fourth-order valence-corrected chi connectivity index (χ4v) is 4.76. The summed E-state index contributed by atoms with van der Waals surface area (Å²) < 4.78 is 12.9. The van der Waals surface area contributed by atoms with E-state index in [1.165, 1.54) is 0 Å². The fourth-order valence-electron chi connectivity index (χ4n) is 4.76. The number of imide groups is 1. The lowest BCUT2D eigenvalue weighted by Crippen LogP contribution is -2.20. The van der Waals surface area contributed by atoms with Gasteiger partial charge in [-0.2, -0.15) is 0 Å². The maximum atomic E-state index is 12.9. The van der Waals surface area contributed by atoms with Crippen LogP contribution in [0.15, 0.2) is 36.4 Å². The summed E-state index contributed by atoms with van der Waals surface area (Å²) in [6.07, 6.45) is 0. The Kier molecular flexibility index (Phi) is 3.12. The third-order valence-electron chi connectivity index (χ3n) is 6.08. The Bertz CT molecular complexity index is 1590. The summed E-state index contributed by atoms with van der Waals surface area (Å²) in [4.78, 5) is 29.3. The SMILES string of the molecule is COc1ccc2[nH]c3c(c4c(c5c6cc(OC)ccc6n(C)c35)C(=O)NC4=O)c2c1. The van der Waals surface area contributed by atoms with Gasteiger partial charge in [0.25, 0.3) is 11.8 Å². The Hall–Kier alpha value is -4.00. The molecular formula is C23H17N3O4. The third kappa shape index (κ3) is 1.89. The number of carbonyl (C=O) groups excluding carboxylic acids is 2. The number of nitrogens with one attached hydrogen (secondary N) is 2. The number of fused-ring (bicyclic) bond motifs is 10. The second kappa shape index (κ2) is 5.54. The van der Waals surface area contributed by atoms with Crippen molar-refractivity contribution in [3.63, 3.8) is 0 Å². The van der Waals surface area contributed by atoms with Crippen LogP contribution in [0.3, 0.4) is 0 Å². The highest BCUT2D eigenvalue weighted by Crippen LogP contribution is 2.44. The Labute approximate surface area is 170 Å². The molecule has 30 heavy (non-hydrogen) atoms. The van der Waals surface area contributed by atoms with Crippen LogP contribution < -0.4 is 14.8 Å². The van der Waals surface area contributed by atoms with Gasteiger partial charge in [-0.15, -0.1) is 0 Å². The highest BCUT2D eigenvalue weighted by molar-refractivity contribution is 6.39. The molecule has 0 fully saturated rings. The molecule has 0 bridgehead atoms. The number of amides is 2. The van der Waals surface area contributed by atoms with E-state index >= 15 is 0 Å². The summed E-state index contributed by atoms with van der Waals surface area (Å²) in [5, 5.41) is 5.67. The lowest BCUT2D eigenvalue weighted by molar-refractivity contribution is 0.0880. The largest absolute Gasteiger partial charge is 0.497 e. The average Bonchev–Trinajstić information content (AvgIpc) is 3.37. The highest BCUT2D eigenvalue weighted by Gasteiger charge is 2.35. The monoisotopic (exact) mass is 399 g/mol. The maximum Gasteiger partial charge on any atom is 0.259 e. The molecule has 148 valence electrons. The molecule has 3 aromatic carbocycles. The summed E-state index contributed by atoms with van der Waals surface area (Å²) >= 11 is 0. The zero-order chi connectivity index (χ0) is 20.7. The van der Waals surface area contributed by atoms with Crippen molar-refractivity contribution in [2.24, 2.45) is 7.05 Å². The summed E-state index contributed by atoms with van der Waals surface area (Å²) in [5.41, 5.74) is 4.31. The van der Waals surface area contributed by atoms with Gasteiger partial charge in [0.15, 0.2) is 0 Å². The third-order valence-corrected chi connectivity index (χ3v) is 6.08. The number of hydrogen-bond acceptors (Lipinski definition) is 4. The predicted octanol–water partition coefficient (Wildman–Crippen LogP) is 3.87. The molecule has 5 aromatic rings. The molecule has 7 nitrogen and oxygen atoms in total. The zero-order valence-electron chi connectivity index (χ0n) is 16.5. The van der Waals surface area contributed by atoms with E-state index in [0.717, 1.165) is 43.6 Å². The van der Waals surface area contributed by atoms with Crippen LogP contribution in [-0.2, 0) is 7.05 Å². The van der Waals surface area contributed by atoms with Crippen molar-refractivity contribution in [1.29, 1.82) is 0 Å². The van der Waals surface area contributed by atoms with Crippen molar-refractivity contribution >= 4 is 55.4 Å². The van der Waals surface area contributed by atoms with Crippen LogP contribution in [0.4, 0.5) is 0 Å². The summed E-state index contributed by atoms with van der Waals surface area (Å²) in [6, 6.07) is 11.4. The van der Waals surface area contributed by atoms with Gasteiger partial charge in [-0.1, -0.05) is 0 Å². The molecule has 3 heterocycles. The number of aryl methyl sites for hydroxylation is 1. The van der Waals surface area contributed by atoms with Crippen molar-refractivity contribution in [2.45, 2.75) is 0 Å². The number of aromatic nitrogens is 2. The number of methoxy groups -OCH3 is 2. The van der Waals surface area contributed by atoms with Gasteiger partial charge in [0.1, 0.15) is 11.5 Å². The van der Waals surface area contributed by atoms with E-state index in [4.69, 9.17) is 9.47 Å². The first kappa shape index (κ1) is 16.9. The number of nitrogens with zero attached hydrogens (tertiary/aromatic N) is 1. The van der Waals surface area contributed by atoms with Crippen LogP contribution in [0.2, 0.25) is 0 Å². The van der Waals surface area contributed by atoms with Gasteiger partial charge in [-0.3, -0.25) is 14.9 Å². The van der Waals surface area contributed by atoms with Gasteiger partial charge in [-0.25, -0.2) is 0 Å². The Balaban J connectivity index is 1.96. The van der Waals surface area contributed by atoms with E-state index in [9.17, 15) is 9.59 Å². The van der Waals surface area contributed by atoms with E-state index in [1.807, 2.05) is 43.4 Å². The van der Waals surface area contributed by atoms with Gasteiger partial charge in [0.2, 0.25) is 0 Å². The van der Waals surface area contributed by atoms with Gasteiger partial charge < -0.3 is 19.0 Å². The van der Waals surface area contributed by atoms with Crippen molar-refractivity contribution in [3.05, 3.63) is 47.5 Å². The minimum Gasteiger partial charge on any atom is -0.497 e. The number of rotatable bonds is 2. The van der Waals surface area contributed by atoms with Crippen LogP contribution >= 0.6 is 0 Å². The standard InChI is InChI=1S/C23H17N3O4/c1-26-15-7-5-11(30-3)9-13(15)17-19-18(22(27)25-23(19)28)16-12-8-10(29-2)4-6-14(12)24-20(16)21(17)26/h4-9,24H,1-3H3,(H,25,27,28). The quantitative estimate of drug-likeness (QED) is 0.441. The van der Waals surface area contributed by atoms with Gasteiger partial charge >= 0.3 is 0 Å². The zero-order valence-corrected chi connectivity index (χ0v) is 16.5. The maximum absolute atomic E-state index is 12.9. The first-order valence-corrected chi connectivity index (χ1v) is 9.50. The van der Waals surface area contributed by atoms with Gasteiger partial charge in [0.05, 0.1) is 36.4 Å². The minimum atomic E-state index is -0.384. The summed E-state index contributed by atoms with van der Waals surface area (Å²) in [5.74, 6) is 0.610. The number of hydrogen-bond donors (Lipinski definition) is 2. The van der Waals surface area contributed by atoms with Crippen LogP contribution in [0.5, 0.6) is 11.5 Å². The molecule has 7 heteroatoms. The minimum absolute atomic E-state index is 0.380. The molecule has 0 radical (unpaired) electrons. The van der Waals surface area contributed by atoms with Gasteiger partial charge in [0, 0.05) is 39.6 Å².